The first-order chi connectivity index (χ1) is 9.03. The number of anilines is 2. The standard InChI is InChI=1S/C13H20N2O3S/c1-19(16,17)15-13-6-4-12(5-7-13)14-11-3-2-9-18-10-8-11/h4-7,11,14-15H,2-3,8-10H2,1H3. The summed E-state index contributed by atoms with van der Waals surface area (Å²) in [6.07, 6.45) is 4.32. The predicted molar refractivity (Wildman–Crippen MR) is 77.0 cm³/mol. The second-order valence-electron chi connectivity index (χ2n) is 4.84. The van der Waals surface area contributed by atoms with Gasteiger partial charge in [0, 0.05) is 30.6 Å². The van der Waals surface area contributed by atoms with Crippen LogP contribution in [0.25, 0.3) is 0 Å². The number of nitrogens with one attached hydrogen (secondary N) is 2. The second-order valence-corrected chi connectivity index (χ2v) is 6.58. The van der Waals surface area contributed by atoms with E-state index in [4.69, 9.17) is 4.74 Å². The largest absolute Gasteiger partial charge is 0.382 e. The Hall–Kier alpha value is -1.27. The lowest BCUT2D eigenvalue weighted by molar-refractivity contribution is 0.144. The van der Waals surface area contributed by atoms with E-state index in [-0.39, 0.29) is 0 Å². The van der Waals surface area contributed by atoms with Gasteiger partial charge in [0.15, 0.2) is 0 Å². The monoisotopic (exact) mass is 284 g/mol. The van der Waals surface area contributed by atoms with Crippen LogP contribution in [-0.2, 0) is 14.8 Å². The van der Waals surface area contributed by atoms with Crippen LogP contribution in [0.5, 0.6) is 0 Å². The highest BCUT2D eigenvalue weighted by Gasteiger charge is 2.12. The van der Waals surface area contributed by atoms with Crippen LogP contribution in [0.3, 0.4) is 0 Å². The van der Waals surface area contributed by atoms with E-state index >= 15 is 0 Å². The van der Waals surface area contributed by atoms with Gasteiger partial charge in [0.25, 0.3) is 0 Å². The van der Waals surface area contributed by atoms with E-state index in [0.717, 1.165) is 44.4 Å². The number of ether oxygens (including phenoxy) is 1. The maximum Gasteiger partial charge on any atom is 0.229 e. The Balaban J connectivity index is 1.94. The van der Waals surface area contributed by atoms with Crippen LogP contribution in [0.1, 0.15) is 19.3 Å². The molecule has 0 spiro atoms. The summed E-state index contributed by atoms with van der Waals surface area (Å²) in [5.74, 6) is 0. The van der Waals surface area contributed by atoms with Crippen LogP contribution >= 0.6 is 0 Å². The molecule has 1 fully saturated rings. The van der Waals surface area contributed by atoms with Crippen LogP contribution in [0.2, 0.25) is 0 Å². The number of benzene rings is 1. The molecule has 0 aliphatic carbocycles. The van der Waals surface area contributed by atoms with E-state index in [1.54, 1.807) is 12.1 Å². The molecule has 0 amide bonds. The first-order valence-electron chi connectivity index (χ1n) is 6.45. The Kier molecular flexibility index (Phi) is 4.66. The Bertz CT molecular complexity index is 491. The van der Waals surface area contributed by atoms with Crippen LogP contribution in [0.15, 0.2) is 24.3 Å². The Labute approximate surface area is 114 Å². The highest BCUT2D eigenvalue weighted by Crippen LogP contribution is 2.18. The zero-order valence-corrected chi connectivity index (χ0v) is 11.9. The highest BCUT2D eigenvalue weighted by molar-refractivity contribution is 7.92. The summed E-state index contributed by atoms with van der Waals surface area (Å²) in [6.45, 7) is 1.64. The smallest absolute Gasteiger partial charge is 0.229 e. The molecular weight excluding hydrogens is 264 g/mol. The van der Waals surface area contributed by atoms with Crippen LogP contribution < -0.4 is 10.0 Å². The first kappa shape index (κ1) is 14.1. The van der Waals surface area contributed by atoms with Gasteiger partial charge in [-0.25, -0.2) is 8.42 Å². The fourth-order valence-corrected chi connectivity index (χ4v) is 2.70. The lowest BCUT2D eigenvalue weighted by Crippen LogP contribution is -2.19. The van der Waals surface area contributed by atoms with E-state index in [2.05, 4.69) is 10.0 Å². The Morgan fingerprint density at radius 1 is 1.11 bits per heavy atom. The van der Waals surface area contributed by atoms with Crippen LogP contribution in [0.4, 0.5) is 11.4 Å². The van der Waals surface area contributed by atoms with Gasteiger partial charge in [-0.05, 0) is 43.5 Å². The second kappa shape index (κ2) is 6.25. The van der Waals surface area contributed by atoms with Gasteiger partial charge >= 0.3 is 0 Å². The third-order valence-corrected chi connectivity index (χ3v) is 3.62. The van der Waals surface area contributed by atoms with Crippen molar-refractivity contribution in [3.05, 3.63) is 24.3 Å². The van der Waals surface area contributed by atoms with E-state index in [1.807, 2.05) is 12.1 Å². The third-order valence-electron chi connectivity index (χ3n) is 3.01. The Morgan fingerprint density at radius 2 is 1.79 bits per heavy atom. The normalized spacial score (nSPS) is 20.6. The van der Waals surface area contributed by atoms with Crippen molar-refractivity contribution >= 4 is 21.4 Å². The zero-order chi connectivity index (χ0) is 13.7. The molecule has 1 aliphatic heterocycles. The van der Waals surface area contributed by atoms with Gasteiger partial charge in [0.2, 0.25) is 10.0 Å². The van der Waals surface area contributed by atoms with E-state index < -0.39 is 10.0 Å². The SMILES string of the molecule is CS(=O)(=O)Nc1ccc(NC2CCCOCC2)cc1. The minimum Gasteiger partial charge on any atom is -0.382 e. The summed E-state index contributed by atoms with van der Waals surface area (Å²) in [7, 11) is -3.21. The molecule has 1 aromatic rings. The molecule has 5 nitrogen and oxygen atoms in total. The summed E-state index contributed by atoms with van der Waals surface area (Å²) < 4.78 is 30.1. The van der Waals surface area contributed by atoms with Crippen molar-refractivity contribution in [1.29, 1.82) is 0 Å². The summed E-state index contributed by atoms with van der Waals surface area (Å²) in [5.41, 5.74) is 1.59. The van der Waals surface area contributed by atoms with Crippen molar-refractivity contribution in [2.75, 3.05) is 29.5 Å². The molecular formula is C13H20N2O3S. The summed E-state index contributed by atoms with van der Waals surface area (Å²) >= 11 is 0. The molecule has 2 N–H and O–H groups in total. The van der Waals surface area contributed by atoms with Crippen molar-refractivity contribution in [3.8, 4) is 0 Å². The maximum atomic E-state index is 11.1. The summed E-state index contributed by atoms with van der Waals surface area (Å²) in [5, 5.41) is 3.45. The number of rotatable bonds is 4. The number of hydrogen-bond acceptors (Lipinski definition) is 4. The third kappa shape index (κ3) is 5.08. The molecule has 19 heavy (non-hydrogen) atoms. The molecule has 0 radical (unpaired) electrons. The lowest BCUT2D eigenvalue weighted by Gasteiger charge is -2.17. The van der Waals surface area contributed by atoms with Gasteiger partial charge < -0.3 is 10.1 Å². The van der Waals surface area contributed by atoms with Crippen molar-refractivity contribution < 1.29 is 13.2 Å². The average Bonchev–Trinajstić information content (AvgIpc) is 2.58. The average molecular weight is 284 g/mol. The fourth-order valence-electron chi connectivity index (χ4n) is 2.13. The molecule has 1 heterocycles. The van der Waals surface area contributed by atoms with Crippen molar-refractivity contribution in [2.45, 2.75) is 25.3 Å². The maximum absolute atomic E-state index is 11.1. The minimum absolute atomic E-state index is 0.427. The van der Waals surface area contributed by atoms with Crippen LogP contribution in [0, 0.1) is 0 Å². The summed E-state index contributed by atoms with van der Waals surface area (Å²) in [6, 6.07) is 7.72. The van der Waals surface area contributed by atoms with Gasteiger partial charge in [-0.3, -0.25) is 4.72 Å². The predicted octanol–water partition coefficient (Wildman–Crippen LogP) is 2.04. The topological polar surface area (TPSA) is 67.4 Å². The van der Waals surface area contributed by atoms with Gasteiger partial charge in [0.05, 0.1) is 6.26 Å². The minimum atomic E-state index is -3.21. The van der Waals surface area contributed by atoms with E-state index in [9.17, 15) is 8.42 Å². The fraction of sp³-hybridized carbons (Fsp3) is 0.538. The molecule has 1 aromatic carbocycles. The van der Waals surface area contributed by atoms with Crippen molar-refractivity contribution in [2.24, 2.45) is 0 Å². The highest BCUT2D eigenvalue weighted by atomic mass is 32.2. The van der Waals surface area contributed by atoms with E-state index in [0.29, 0.717) is 11.7 Å². The molecule has 0 aromatic heterocycles. The lowest BCUT2D eigenvalue weighted by atomic mass is 10.1. The molecule has 0 saturated carbocycles. The number of hydrogen-bond donors (Lipinski definition) is 2. The molecule has 1 unspecified atom stereocenters. The molecule has 1 saturated heterocycles. The zero-order valence-electron chi connectivity index (χ0n) is 11.1. The molecule has 2 rings (SSSR count). The van der Waals surface area contributed by atoms with E-state index in [1.165, 1.54) is 0 Å². The Morgan fingerprint density at radius 3 is 2.47 bits per heavy atom. The molecule has 1 atom stereocenters. The molecule has 6 heteroatoms. The van der Waals surface area contributed by atoms with Gasteiger partial charge in [-0.1, -0.05) is 0 Å². The molecule has 0 bridgehead atoms. The first-order valence-corrected chi connectivity index (χ1v) is 8.34. The van der Waals surface area contributed by atoms with Gasteiger partial charge in [-0.15, -0.1) is 0 Å². The van der Waals surface area contributed by atoms with Gasteiger partial charge in [-0.2, -0.15) is 0 Å². The molecule has 1 aliphatic rings. The van der Waals surface area contributed by atoms with Crippen molar-refractivity contribution in [1.82, 2.24) is 0 Å². The summed E-state index contributed by atoms with van der Waals surface area (Å²) in [4.78, 5) is 0. The van der Waals surface area contributed by atoms with Crippen molar-refractivity contribution in [3.63, 3.8) is 0 Å². The van der Waals surface area contributed by atoms with Gasteiger partial charge in [0.1, 0.15) is 0 Å². The number of sulfonamides is 1. The van der Waals surface area contributed by atoms with Crippen LogP contribution in [-0.4, -0.2) is 33.9 Å². The molecule has 106 valence electrons. The quantitative estimate of drug-likeness (QED) is 0.888.